The fourth-order valence-electron chi connectivity index (χ4n) is 1.62. The van der Waals surface area contributed by atoms with Crippen molar-refractivity contribution < 1.29 is 19.4 Å². The fraction of sp³-hybridized carbons (Fsp3) is 0.438. The molecule has 110 valence electrons. The number of carbonyl (C=O) groups excluding carboxylic acids is 1. The Morgan fingerprint density at radius 3 is 2.50 bits per heavy atom. The van der Waals surface area contributed by atoms with Gasteiger partial charge in [0, 0.05) is 11.1 Å². The van der Waals surface area contributed by atoms with Crippen LogP contribution in [0.15, 0.2) is 30.4 Å². The predicted octanol–water partition coefficient (Wildman–Crippen LogP) is 3.19. The van der Waals surface area contributed by atoms with Crippen LogP contribution in [0.1, 0.15) is 33.3 Å². The van der Waals surface area contributed by atoms with E-state index in [9.17, 15) is 9.90 Å². The van der Waals surface area contributed by atoms with Crippen LogP contribution in [-0.4, -0.2) is 24.3 Å². The molecule has 0 aliphatic carbocycles. The first-order valence-corrected chi connectivity index (χ1v) is 6.50. The molecule has 4 nitrogen and oxygen atoms in total. The smallest absolute Gasteiger partial charge is 0.333 e. The molecule has 4 heteroatoms. The van der Waals surface area contributed by atoms with Crippen molar-refractivity contribution in [3.8, 4) is 11.5 Å². The van der Waals surface area contributed by atoms with Crippen LogP contribution in [0.5, 0.6) is 11.5 Å². The van der Waals surface area contributed by atoms with Gasteiger partial charge in [0.1, 0.15) is 24.7 Å². The zero-order chi connectivity index (χ0) is 15.3. The van der Waals surface area contributed by atoms with Gasteiger partial charge in [-0.05, 0) is 30.5 Å². The Morgan fingerprint density at radius 1 is 1.30 bits per heavy atom. The summed E-state index contributed by atoms with van der Waals surface area (Å²) in [5.74, 6) is 0.465. The molecular formula is C16H22O4. The number of aromatic hydroxyl groups is 1. The van der Waals surface area contributed by atoms with E-state index in [1.165, 1.54) is 0 Å². The Morgan fingerprint density at radius 2 is 1.95 bits per heavy atom. The van der Waals surface area contributed by atoms with Crippen LogP contribution in [0.3, 0.4) is 0 Å². The van der Waals surface area contributed by atoms with Gasteiger partial charge in [0.05, 0.1) is 0 Å². The van der Waals surface area contributed by atoms with Gasteiger partial charge >= 0.3 is 5.97 Å². The minimum Gasteiger partial charge on any atom is -0.508 e. The highest BCUT2D eigenvalue weighted by atomic mass is 16.6. The third-order valence-corrected chi connectivity index (χ3v) is 2.71. The van der Waals surface area contributed by atoms with Crippen molar-refractivity contribution in [3.05, 3.63) is 35.9 Å². The zero-order valence-corrected chi connectivity index (χ0v) is 12.5. The maximum absolute atomic E-state index is 11.2. The van der Waals surface area contributed by atoms with Crippen LogP contribution >= 0.6 is 0 Å². The van der Waals surface area contributed by atoms with E-state index in [0.717, 1.165) is 5.56 Å². The molecule has 0 aliphatic heterocycles. The van der Waals surface area contributed by atoms with Gasteiger partial charge in [-0.1, -0.05) is 27.4 Å². The van der Waals surface area contributed by atoms with Gasteiger partial charge in [-0.2, -0.15) is 0 Å². The number of benzene rings is 1. The summed E-state index contributed by atoms with van der Waals surface area (Å²) in [5.41, 5.74) is 1.01. The van der Waals surface area contributed by atoms with E-state index in [2.05, 4.69) is 6.58 Å². The zero-order valence-electron chi connectivity index (χ0n) is 12.5. The minimum atomic E-state index is -0.422. The van der Waals surface area contributed by atoms with Crippen molar-refractivity contribution >= 4 is 5.97 Å². The summed E-state index contributed by atoms with van der Waals surface area (Å²) in [6.07, 6.45) is 0. The molecule has 0 heterocycles. The van der Waals surface area contributed by atoms with Crippen molar-refractivity contribution in [2.24, 2.45) is 0 Å². The maximum atomic E-state index is 11.2. The van der Waals surface area contributed by atoms with E-state index in [4.69, 9.17) is 9.47 Å². The van der Waals surface area contributed by atoms with Crippen molar-refractivity contribution in [2.45, 2.75) is 33.1 Å². The van der Waals surface area contributed by atoms with Gasteiger partial charge in [-0.3, -0.25) is 0 Å². The van der Waals surface area contributed by atoms with Crippen LogP contribution in [-0.2, 0) is 14.9 Å². The van der Waals surface area contributed by atoms with Gasteiger partial charge in [0.15, 0.2) is 0 Å². The summed E-state index contributed by atoms with van der Waals surface area (Å²) < 4.78 is 10.4. The number of phenols is 1. The van der Waals surface area contributed by atoms with E-state index < -0.39 is 5.97 Å². The average molecular weight is 278 g/mol. The van der Waals surface area contributed by atoms with Gasteiger partial charge < -0.3 is 14.6 Å². The molecular weight excluding hydrogens is 256 g/mol. The average Bonchev–Trinajstić information content (AvgIpc) is 2.34. The van der Waals surface area contributed by atoms with Gasteiger partial charge in [-0.25, -0.2) is 4.79 Å². The summed E-state index contributed by atoms with van der Waals surface area (Å²) in [5, 5.41) is 9.84. The molecule has 1 aromatic rings. The lowest BCUT2D eigenvalue weighted by Crippen LogP contribution is -2.14. The van der Waals surface area contributed by atoms with Crippen LogP contribution < -0.4 is 4.74 Å². The highest BCUT2D eigenvalue weighted by Gasteiger charge is 2.18. The largest absolute Gasteiger partial charge is 0.508 e. The lowest BCUT2D eigenvalue weighted by atomic mass is 9.86. The van der Waals surface area contributed by atoms with Crippen molar-refractivity contribution in [2.75, 3.05) is 13.2 Å². The number of phenolic OH excluding ortho intramolecular Hbond substituents is 1. The normalized spacial score (nSPS) is 11.0. The Kier molecular flexibility index (Phi) is 5.19. The van der Waals surface area contributed by atoms with Gasteiger partial charge in [0.2, 0.25) is 0 Å². The molecule has 1 aromatic carbocycles. The standard InChI is InChI=1S/C16H22O4/c1-11(2)15(18)20-9-8-19-12-6-7-14(17)13(10-12)16(3,4)5/h6-7,10,17H,1,8-9H2,2-5H3. The topological polar surface area (TPSA) is 55.8 Å². The molecule has 0 radical (unpaired) electrons. The Hall–Kier alpha value is -1.97. The summed E-state index contributed by atoms with van der Waals surface area (Å²) in [7, 11) is 0. The molecule has 0 saturated carbocycles. The maximum Gasteiger partial charge on any atom is 0.333 e. The van der Waals surface area contributed by atoms with Crippen LogP contribution in [0.2, 0.25) is 0 Å². The summed E-state index contributed by atoms with van der Waals surface area (Å²) in [4.78, 5) is 11.2. The van der Waals surface area contributed by atoms with Gasteiger partial charge in [-0.15, -0.1) is 0 Å². The summed E-state index contributed by atoms with van der Waals surface area (Å²) >= 11 is 0. The first-order valence-electron chi connectivity index (χ1n) is 6.50. The number of esters is 1. The van der Waals surface area contributed by atoms with E-state index in [1.807, 2.05) is 20.8 Å². The number of hydrogen-bond acceptors (Lipinski definition) is 4. The molecule has 0 bridgehead atoms. The quantitative estimate of drug-likeness (QED) is 0.510. The van der Waals surface area contributed by atoms with Gasteiger partial charge in [0.25, 0.3) is 0 Å². The molecule has 0 aliphatic rings. The summed E-state index contributed by atoms with van der Waals surface area (Å²) in [6.45, 7) is 11.6. The SMILES string of the molecule is C=C(C)C(=O)OCCOc1ccc(O)c(C(C)(C)C)c1. The Labute approximate surface area is 120 Å². The monoisotopic (exact) mass is 278 g/mol. The lowest BCUT2D eigenvalue weighted by Gasteiger charge is -2.21. The molecule has 0 atom stereocenters. The fourth-order valence-corrected chi connectivity index (χ4v) is 1.62. The molecule has 1 N–H and O–H groups in total. The molecule has 0 unspecified atom stereocenters. The van der Waals surface area contributed by atoms with E-state index in [-0.39, 0.29) is 24.4 Å². The second-order valence-electron chi connectivity index (χ2n) is 5.69. The highest BCUT2D eigenvalue weighted by molar-refractivity contribution is 5.86. The predicted molar refractivity (Wildman–Crippen MR) is 78.1 cm³/mol. The molecule has 20 heavy (non-hydrogen) atoms. The summed E-state index contributed by atoms with van der Waals surface area (Å²) in [6, 6.07) is 5.09. The Balaban J connectivity index is 2.57. The second-order valence-corrected chi connectivity index (χ2v) is 5.69. The first kappa shape index (κ1) is 16.1. The lowest BCUT2D eigenvalue weighted by molar-refractivity contribution is -0.139. The van der Waals surface area contributed by atoms with E-state index in [1.54, 1.807) is 25.1 Å². The number of rotatable bonds is 5. The second kappa shape index (κ2) is 6.46. The third kappa shape index (κ3) is 4.61. The molecule has 0 spiro atoms. The van der Waals surface area contributed by atoms with Crippen LogP contribution in [0.25, 0.3) is 0 Å². The van der Waals surface area contributed by atoms with E-state index >= 15 is 0 Å². The van der Waals surface area contributed by atoms with E-state index in [0.29, 0.717) is 11.3 Å². The molecule has 0 aromatic heterocycles. The molecule has 0 fully saturated rings. The molecule has 1 rings (SSSR count). The Bertz CT molecular complexity index is 498. The van der Waals surface area contributed by atoms with Crippen molar-refractivity contribution in [3.63, 3.8) is 0 Å². The minimum absolute atomic E-state index is 0.164. The number of carbonyl (C=O) groups is 1. The van der Waals surface area contributed by atoms with Crippen molar-refractivity contribution in [1.82, 2.24) is 0 Å². The van der Waals surface area contributed by atoms with Crippen LogP contribution in [0.4, 0.5) is 0 Å². The first-order chi connectivity index (χ1) is 9.21. The van der Waals surface area contributed by atoms with Crippen molar-refractivity contribution in [1.29, 1.82) is 0 Å². The number of ether oxygens (including phenoxy) is 2. The third-order valence-electron chi connectivity index (χ3n) is 2.71. The number of hydrogen-bond donors (Lipinski definition) is 1. The highest BCUT2D eigenvalue weighted by Crippen LogP contribution is 2.33. The van der Waals surface area contributed by atoms with Crippen LogP contribution in [0, 0.1) is 0 Å². The molecule has 0 amide bonds. The molecule has 0 saturated heterocycles.